The lowest BCUT2D eigenvalue weighted by Gasteiger charge is -2.27. The molecule has 0 saturated carbocycles. The van der Waals surface area contributed by atoms with Crippen molar-refractivity contribution in [1.82, 2.24) is 4.57 Å². The molecule has 44 heavy (non-hydrogen) atoms. The molecule has 0 saturated heterocycles. The van der Waals surface area contributed by atoms with Crippen LogP contribution in [0.15, 0.2) is 81.7 Å². The Balaban J connectivity index is 1.73. The number of aromatic nitrogens is 1. The van der Waals surface area contributed by atoms with E-state index in [1.165, 1.54) is 11.3 Å². The SMILES string of the molecule is CCCC1=C(C(=O)OCC)[C@@H](c2cc(Cl)ccc2OC)n2c(s/c(=C/c3cc(I)cc(I)c3OCc3ccccc3)c2=O)=N1. The van der Waals surface area contributed by atoms with Gasteiger partial charge in [-0.1, -0.05) is 66.6 Å². The molecule has 0 N–H and O–H groups in total. The molecule has 0 bridgehead atoms. The van der Waals surface area contributed by atoms with E-state index in [1.807, 2.05) is 55.5 Å². The highest BCUT2D eigenvalue weighted by Gasteiger charge is 2.36. The molecule has 0 radical (unpaired) electrons. The molecule has 3 aromatic carbocycles. The van der Waals surface area contributed by atoms with Gasteiger partial charge < -0.3 is 14.2 Å². The van der Waals surface area contributed by atoms with Crippen molar-refractivity contribution in [3.05, 3.63) is 120 Å². The number of allylic oxidation sites excluding steroid dienone is 1. The molecule has 0 fully saturated rings. The highest BCUT2D eigenvalue weighted by molar-refractivity contribution is 14.1. The number of halogens is 3. The van der Waals surface area contributed by atoms with Crippen LogP contribution in [0.4, 0.5) is 0 Å². The van der Waals surface area contributed by atoms with Gasteiger partial charge >= 0.3 is 5.97 Å². The van der Waals surface area contributed by atoms with Crippen molar-refractivity contribution >= 4 is 80.2 Å². The molecular formula is C33H29ClI2N2O5S. The number of carbonyl (C=O) groups excluding carboxylic acids is 1. The molecule has 228 valence electrons. The fourth-order valence-corrected chi connectivity index (χ4v) is 8.28. The van der Waals surface area contributed by atoms with E-state index in [0.29, 0.717) is 55.7 Å². The molecule has 1 aliphatic rings. The summed E-state index contributed by atoms with van der Waals surface area (Å²) in [5.74, 6) is 0.662. The molecule has 1 aliphatic heterocycles. The van der Waals surface area contributed by atoms with Gasteiger partial charge in [-0.05, 0) is 100 Å². The maximum atomic E-state index is 14.3. The molecular weight excluding hydrogens is 826 g/mol. The first-order valence-corrected chi connectivity index (χ1v) is 17.3. The quantitative estimate of drug-likeness (QED) is 0.127. The topological polar surface area (TPSA) is 79.1 Å². The van der Waals surface area contributed by atoms with Gasteiger partial charge in [0, 0.05) is 19.7 Å². The van der Waals surface area contributed by atoms with E-state index in [4.69, 9.17) is 30.8 Å². The predicted molar refractivity (Wildman–Crippen MR) is 190 cm³/mol. The first-order valence-electron chi connectivity index (χ1n) is 14.0. The van der Waals surface area contributed by atoms with E-state index in [1.54, 1.807) is 36.8 Å². The summed E-state index contributed by atoms with van der Waals surface area (Å²) in [6, 6.07) is 18.3. The second kappa shape index (κ2) is 14.6. The predicted octanol–water partition coefficient (Wildman–Crippen LogP) is 7.03. The third-order valence-electron chi connectivity index (χ3n) is 6.93. The van der Waals surface area contributed by atoms with Gasteiger partial charge in [0.25, 0.3) is 5.56 Å². The maximum absolute atomic E-state index is 14.3. The van der Waals surface area contributed by atoms with Crippen LogP contribution in [0.2, 0.25) is 5.02 Å². The standard InChI is InChI=1S/C33H29ClI2N2O5S/c1-4-9-25-28(32(40)42-5-2)29(23-16-21(34)12-13-26(23)41-3)38-31(39)27(44-33(38)37-25)15-20-14-22(35)17-24(36)30(20)43-18-19-10-7-6-8-11-19/h6-8,10-17,29H,4-5,9,18H2,1-3H3/b27-15+/t29-/m1/s1. The number of carbonyl (C=O) groups is 1. The van der Waals surface area contributed by atoms with E-state index in [-0.39, 0.29) is 12.2 Å². The molecule has 0 aliphatic carbocycles. The number of thiazole rings is 1. The summed E-state index contributed by atoms with van der Waals surface area (Å²) in [5.41, 5.74) is 3.00. The van der Waals surface area contributed by atoms with Gasteiger partial charge in [-0.25, -0.2) is 9.79 Å². The van der Waals surface area contributed by atoms with Gasteiger partial charge in [-0.15, -0.1) is 0 Å². The fourth-order valence-electron chi connectivity index (χ4n) is 5.04. The highest BCUT2D eigenvalue weighted by atomic mass is 127. The summed E-state index contributed by atoms with van der Waals surface area (Å²) in [7, 11) is 1.55. The second-order valence-electron chi connectivity index (χ2n) is 9.88. The number of hydrogen-bond donors (Lipinski definition) is 0. The molecule has 4 aromatic rings. The van der Waals surface area contributed by atoms with Gasteiger partial charge in [0.15, 0.2) is 4.80 Å². The van der Waals surface area contributed by atoms with Crippen LogP contribution in [-0.2, 0) is 16.1 Å². The number of rotatable bonds is 10. The van der Waals surface area contributed by atoms with E-state index in [0.717, 1.165) is 24.7 Å². The second-order valence-corrected chi connectivity index (χ2v) is 13.7. The molecule has 11 heteroatoms. The number of ether oxygens (including phenoxy) is 3. The van der Waals surface area contributed by atoms with E-state index < -0.39 is 12.0 Å². The smallest absolute Gasteiger partial charge is 0.338 e. The van der Waals surface area contributed by atoms with Crippen LogP contribution < -0.4 is 24.4 Å². The summed E-state index contributed by atoms with van der Waals surface area (Å²) in [6.07, 6.45) is 3.12. The van der Waals surface area contributed by atoms with Crippen LogP contribution in [0.5, 0.6) is 11.5 Å². The van der Waals surface area contributed by atoms with E-state index >= 15 is 0 Å². The molecule has 0 unspecified atom stereocenters. The minimum absolute atomic E-state index is 0.183. The van der Waals surface area contributed by atoms with Crippen molar-refractivity contribution in [2.45, 2.75) is 39.3 Å². The minimum Gasteiger partial charge on any atom is -0.496 e. The van der Waals surface area contributed by atoms with Gasteiger partial charge in [0.05, 0.1) is 33.1 Å². The van der Waals surface area contributed by atoms with Crippen molar-refractivity contribution in [3.8, 4) is 11.5 Å². The Hall–Kier alpha value is -2.68. The average molecular weight is 855 g/mol. The van der Waals surface area contributed by atoms with E-state index in [2.05, 4.69) is 45.2 Å². The van der Waals surface area contributed by atoms with Crippen molar-refractivity contribution in [3.63, 3.8) is 0 Å². The van der Waals surface area contributed by atoms with Crippen LogP contribution in [0, 0.1) is 7.14 Å². The Kier molecular flexibility index (Phi) is 10.9. The largest absolute Gasteiger partial charge is 0.496 e. The summed E-state index contributed by atoms with van der Waals surface area (Å²) in [4.78, 5) is 33.2. The number of fused-ring (bicyclic) bond motifs is 1. The Bertz CT molecular complexity index is 1920. The van der Waals surface area contributed by atoms with Crippen LogP contribution in [0.25, 0.3) is 6.08 Å². The Morgan fingerprint density at radius 3 is 2.59 bits per heavy atom. The lowest BCUT2D eigenvalue weighted by atomic mass is 9.93. The van der Waals surface area contributed by atoms with E-state index in [9.17, 15) is 9.59 Å². The van der Waals surface area contributed by atoms with Crippen molar-refractivity contribution in [2.75, 3.05) is 13.7 Å². The normalized spacial score (nSPS) is 14.7. The molecule has 1 aromatic heterocycles. The molecule has 0 spiro atoms. The zero-order valence-electron chi connectivity index (χ0n) is 24.2. The summed E-state index contributed by atoms with van der Waals surface area (Å²) in [5, 5.41) is 0.453. The first kappa shape index (κ1) is 32.7. The Morgan fingerprint density at radius 1 is 1.11 bits per heavy atom. The van der Waals surface area contributed by atoms with Crippen LogP contribution >= 0.6 is 68.1 Å². The number of methoxy groups -OCH3 is 1. The molecule has 7 nitrogen and oxygen atoms in total. The average Bonchev–Trinajstić information content (AvgIpc) is 3.30. The molecule has 5 rings (SSSR count). The first-order chi connectivity index (χ1) is 21.2. The number of nitrogens with zero attached hydrogens (tertiary/aromatic N) is 2. The van der Waals surface area contributed by atoms with Gasteiger partial charge in [-0.2, -0.15) is 0 Å². The van der Waals surface area contributed by atoms with Gasteiger partial charge in [0.2, 0.25) is 0 Å². The minimum atomic E-state index is -0.840. The third kappa shape index (κ3) is 6.92. The Labute approximate surface area is 291 Å². The van der Waals surface area contributed by atoms with Crippen molar-refractivity contribution in [2.24, 2.45) is 4.99 Å². The third-order valence-corrected chi connectivity index (χ3v) is 9.57. The lowest BCUT2D eigenvalue weighted by molar-refractivity contribution is -0.139. The van der Waals surface area contributed by atoms with Crippen molar-refractivity contribution in [1.29, 1.82) is 0 Å². The fraction of sp³-hybridized carbons (Fsp3) is 0.242. The summed E-state index contributed by atoms with van der Waals surface area (Å²) in [6.45, 7) is 4.34. The van der Waals surface area contributed by atoms with Gasteiger partial charge in [-0.3, -0.25) is 9.36 Å². The maximum Gasteiger partial charge on any atom is 0.338 e. The molecule has 1 atom stereocenters. The molecule has 2 heterocycles. The van der Waals surface area contributed by atoms with Gasteiger partial charge in [0.1, 0.15) is 24.1 Å². The highest BCUT2D eigenvalue weighted by Crippen LogP contribution is 2.38. The van der Waals surface area contributed by atoms with Crippen molar-refractivity contribution < 1.29 is 19.0 Å². The van der Waals surface area contributed by atoms with Crippen LogP contribution in [0.3, 0.4) is 0 Å². The number of hydrogen-bond acceptors (Lipinski definition) is 7. The zero-order valence-corrected chi connectivity index (χ0v) is 30.1. The zero-order chi connectivity index (χ0) is 31.4. The summed E-state index contributed by atoms with van der Waals surface area (Å²) < 4.78 is 21.5. The number of benzene rings is 3. The monoisotopic (exact) mass is 854 g/mol. The Morgan fingerprint density at radius 2 is 1.89 bits per heavy atom. The van der Waals surface area contributed by atoms with Crippen LogP contribution in [-0.4, -0.2) is 24.3 Å². The number of esters is 1. The summed E-state index contributed by atoms with van der Waals surface area (Å²) >= 11 is 12.3. The van der Waals surface area contributed by atoms with Crippen LogP contribution in [0.1, 0.15) is 49.4 Å². The molecule has 0 amide bonds. The lowest BCUT2D eigenvalue weighted by Crippen LogP contribution is -2.40.